The van der Waals surface area contributed by atoms with E-state index in [1.54, 1.807) is 12.3 Å². The Morgan fingerprint density at radius 1 is 1.16 bits per heavy atom. The van der Waals surface area contributed by atoms with Gasteiger partial charge in [-0.05, 0) is 43.1 Å². The molecule has 1 atom stereocenters. The number of benzene rings is 1. The summed E-state index contributed by atoms with van der Waals surface area (Å²) in [5.74, 6) is -1.11. The third-order valence-corrected chi connectivity index (χ3v) is 4.82. The number of hydrogen-bond donors (Lipinski definition) is 2. The fourth-order valence-corrected chi connectivity index (χ4v) is 3.53. The normalized spacial score (nSPS) is 17.8. The Morgan fingerprint density at radius 2 is 2.00 bits per heavy atom. The molecule has 0 amide bonds. The van der Waals surface area contributed by atoms with Gasteiger partial charge in [0.2, 0.25) is 0 Å². The molecular formula is C19H19F2N3O. The number of nitrogens with zero attached hydrogens (tertiary/aromatic N) is 1. The average Bonchev–Trinajstić information content (AvgIpc) is 3.08. The molecule has 2 aromatic heterocycles. The lowest BCUT2D eigenvalue weighted by Gasteiger charge is -2.21. The lowest BCUT2D eigenvalue weighted by molar-refractivity contribution is 0.408. The van der Waals surface area contributed by atoms with Gasteiger partial charge in [-0.1, -0.05) is 0 Å². The number of aromatic amines is 1. The van der Waals surface area contributed by atoms with Crippen molar-refractivity contribution in [1.29, 1.82) is 0 Å². The maximum atomic E-state index is 13.8. The Bertz CT molecular complexity index is 916. The molecule has 3 heterocycles. The summed E-state index contributed by atoms with van der Waals surface area (Å²) in [5.41, 5.74) is 3.14. The molecule has 4 rings (SSSR count). The number of ether oxygens (including phenoxy) is 1. The third-order valence-electron chi connectivity index (χ3n) is 4.82. The van der Waals surface area contributed by atoms with E-state index in [4.69, 9.17) is 4.74 Å². The summed E-state index contributed by atoms with van der Waals surface area (Å²) in [6, 6.07) is 6.12. The van der Waals surface area contributed by atoms with Crippen LogP contribution in [-0.4, -0.2) is 30.2 Å². The Labute approximate surface area is 144 Å². The summed E-state index contributed by atoms with van der Waals surface area (Å²) < 4.78 is 32.6. The smallest absolute Gasteiger partial charge is 0.162 e. The minimum atomic E-state index is -0.922. The number of methoxy groups -OCH3 is 1. The van der Waals surface area contributed by atoms with Crippen LogP contribution in [0, 0.1) is 11.6 Å². The fraction of sp³-hybridized carbons (Fsp3) is 0.316. The first kappa shape index (κ1) is 16.0. The van der Waals surface area contributed by atoms with Gasteiger partial charge in [0.05, 0.1) is 7.11 Å². The summed E-state index contributed by atoms with van der Waals surface area (Å²) in [7, 11) is 1.45. The fourth-order valence-electron chi connectivity index (χ4n) is 3.53. The van der Waals surface area contributed by atoms with Gasteiger partial charge in [-0.15, -0.1) is 0 Å². The number of hydrogen-bond acceptors (Lipinski definition) is 3. The van der Waals surface area contributed by atoms with Gasteiger partial charge in [0.25, 0.3) is 0 Å². The van der Waals surface area contributed by atoms with E-state index in [-0.39, 0.29) is 0 Å². The molecule has 0 aliphatic carbocycles. The number of piperidine rings is 1. The van der Waals surface area contributed by atoms with E-state index < -0.39 is 11.6 Å². The van der Waals surface area contributed by atoms with Crippen molar-refractivity contribution in [3.63, 3.8) is 0 Å². The minimum Gasteiger partial charge on any atom is -0.496 e. The molecule has 4 nitrogen and oxygen atoms in total. The molecule has 25 heavy (non-hydrogen) atoms. The molecule has 6 heteroatoms. The number of fused-ring (bicyclic) bond motifs is 1. The van der Waals surface area contributed by atoms with Crippen LogP contribution < -0.4 is 10.1 Å². The second kappa shape index (κ2) is 6.44. The van der Waals surface area contributed by atoms with Crippen molar-refractivity contribution >= 4 is 11.0 Å². The van der Waals surface area contributed by atoms with Crippen LogP contribution in [0.4, 0.5) is 8.78 Å². The van der Waals surface area contributed by atoms with Crippen molar-refractivity contribution in [1.82, 2.24) is 15.3 Å². The number of H-pyrrole nitrogens is 1. The zero-order valence-corrected chi connectivity index (χ0v) is 13.9. The first-order chi connectivity index (χ1) is 12.2. The largest absolute Gasteiger partial charge is 0.496 e. The molecule has 1 aliphatic rings. The van der Waals surface area contributed by atoms with Crippen molar-refractivity contribution in [2.45, 2.75) is 18.8 Å². The molecule has 1 aromatic carbocycles. The maximum absolute atomic E-state index is 13.8. The maximum Gasteiger partial charge on any atom is 0.162 e. The van der Waals surface area contributed by atoms with Crippen molar-refractivity contribution in [2.75, 3.05) is 20.2 Å². The van der Waals surface area contributed by atoms with E-state index in [0.29, 0.717) is 17.2 Å². The van der Waals surface area contributed by atoms with Crippen LogP contribution in [0.1, 0.15) is 24.5 Å². The Kier molecular flexibility index (Phi) is 4.13. The highest BCUT2D eigenvalue weighted by molar-refractivity contribution is 5.95. The average molecular weight is 343 g/mol. The van der Waals surface area contributed by atoms with Gasteiger partial charge < -0.3 is 15.0 Å². The number of nitrogens with one attached hydrogen (secondary N) is 2. The second-order valence-corrected chi connectivity index (χ2v) is 6.36. The molecule has 2 N–H and O–H groups in total. The van der Waals surface area contributed by atoms with Crippen LogP contribution in [0.5, 0.6) is 5.75 Å². The van der Waals surface area contributed by atoms with Gasteiger partial charge in [-0.3, -0.25) is 0 Å². The monoisotopic (exact) mass is 343 g/mol. The molecule has 0 bridgehead atoms. The van der Waals surface area contributed by atoms with Gasteiger partial charge in [-0.25, -0.2) is 13.8 Å². The number of halogens is 2. The van der Waals surface area contributed by atoms with E-state index in [1.165, 1.54) is 13.2 Å². The molecule has 0 unspecified atom stereocenters. The lowest BCUT2D eigenvalue weighted by Crippen LogP contribution is -2.28. The highest BCUT2D eigenvalue weighted by atomic mass is 19.2. The predicted molar refractivity (Wildman–Crippen MR) is 92.8 cm³/mol. The summed E-state index contributed by atoms with van der Waals surface area (Å²) >= 11 is 0. The highest BCUT2D eigenvalue weighted by Crippen LogP contribution is 2.37. The summed E-state index contributed by atoms with van der Waals surface area (Å²) in [6.45, 7) is 1.98. The molecule has 130 valence electrons. The van der Waals surface area contributed by atoms with Crippen molar-refractivity contribution in [2.24, 2.45) is 0 Å². The molecule has 1 fully saturated rings. The van der Waals surface area contributed by atoms with Crippen molar-refractivity contribution < 1.29 is 13.5 Å². The topological polar surface area (TPSA) is 49.9 Å². The Balaban J connectivity index is 1.85. The SMILES string of the molecule is COc1cc(F)c(F)cc1-c1ccnc2[nH]c([C@@H]3CCCNC3)cc12. The third kappa shape index (κ3) is 2.87. The van der Waals surface area contributed by atoms with E-state index in [1.807, 2.05) is 0 Å². The van der Waals surface area contributed by atoms with Crippen molar-refractivity contribution in [3.05, 3.63) is 47.8 Å². The molecule has 0 radical (unpaired) electrons. The van der Waals surface area contributed by atoms with E-state index >= 15 is 0 Å². The first-order valence-electron chi connectivity index (χ1n) is 8.39. The molecule has 1 aliphatic heterocycles. The van der Waals surface area contributed by atoms with E-state index in [9.17, 15) is 8.78 Å². The standard InChI is InChI=1S/C19H19F2N3O/c1-25-18-9-16(21)15(20)7-13(18)12-4-6-23-19-14(12)8-17(24-19)11-3-2-5-22-10-11/h4,6-9,11,22H,2-3,5,10H2,1H3,(H,23,24)/t11-/m1/s1. The number of pyridine rings is 1. The Hall–Kier alpha value is -2.47. The van der Waals surface area contributed by atoms with Crippen molar-refractivity contribution in [3.8, 4) is 16.9 Å². The first-order valence-corrected chi connectivity index (χ1v) is 8.39. The minimum absolute atomic E-state index is 0.300. The van der Waals surface area contributed by atoms with Gasteiger partial charge in [0.15, 0.2) is 11.6 Å². The molecular weight excluding hydrogens is 324 g/mol. The molecule has 0 spiro atoms. The van der Waals surface area contributed by atoms with Gasteiger partial charge in [-0.2, -0.15) is 0 Å². The van der Waals surface area contributed by atoms with Gasteiger partial charge in [0.1, 0.15) is 11.4 Å². The van der Waals surface area contributed by atoms with Crippen LogP contribution in [0.3, 0.4) is 0 Å². The highest BCUT2D eigenvalue weighted by Gasteiger charge is 2.20. The van der Waals surface area contributed by atoms with Crippen LogP contribution in [0.15, 0.2) is 30.5 Å². The van der Waals surface area contributed by atoms with E-state index in [0.717, 1.165) is 54.3 Å². The summed E-state index contributed by atoms with van der Waals surface area (Å²) in [6.07, 6.45) is 3.92. The molecule has 3 aromatic rings. The molecule has 0 saturated carbocycles. The molecule has 1 saturated heterocycles. The number of aromatic nitrogens is 2. The van der Waals surface area contributed by atoms with E-state index in [2.05, 4.69) is 21.4 Å². The zero-order valence-electron chi connectivity index (χ0n) is 13.9. The summed E-state index contributed by atoms with van der Waals surface area (Å²) in [5, 5.41) is 4.29. The quantitative estimate of drug-likeness (QED) is 0.756. The van der Waals surface area contributed by atoms with Gasteiger partial charge in [0, 0.05) is 41.4 Å². The van der Waals surface area contributed by atoms with Crippen LogP contribution in [0.2, 0.25) is 0 Å². The van der Waals surface area contributed by atoms with Crippen LogP contribution in [-0.2, 0) is 0 Å². The van der Waals surface area contributed by atoms with Gasteiger partial charge >= 0.3 is 0 Å². The Morgan fingerprint density at radius 3 is 2.76 bits per heavy atom. The number of rotatable bonds is 3. The van der Waals surface area contributed by atoms with Crippen LogP contribution >= 0.6 is 0 Å². The summed E-state index contributed by atoms with van der Waals surface area (Å²) in [4.78, 5) is 7.77. The predicted octanol–water partition coefficient (Wildman–Crippen LogP) is 3.98. The van der Waals surface area contributed by atoms with Crippen LogP contribution in [0.25, 0.3) is 22.2 Å². The zero-order chi connectivity index (χ0) is 17.4. The second-order valence-electron chi connectivity index (χ2n) is 6.36. The lowest BCUT2D eigenvalue weighted by atomic mass is 9.95.